The van der Waals surface area contributed by atoms with Gasteiger partial charge in [0.25, 0.3) is 0 Å². The van der Waals surface area contributed by atoms with E-state index in [1.807, 2.05) is 24.3 Å². The normalized spacial score (nSPS) is 13.9. The molecule has 0 unspecified atom stereocenters. The van der Waals surface area contributed by atoms with E-state index >= 15 is 0 Å². The third kappa shape index (κ3) is 1.91. The molecule has 1 nitrogen and oxygen atoms in total. The predicted octanol–water partition coefficient (Wildman–Crippen LogP) is 3.85. The lowest BCUT2D eigenvalue weighted by Crippen LogP contribution is -2.11. The van der Waals surface area contributed by atoms with Crippen molar-refractivity contribution in [3.63, 3.8) is 0 Å². The van der Waals surface area contributed by atoms with Crippen molar-refractivity contribution in [3.05, 3.63) is 53.8 Å². The van der Waals surface area contributed by atoms with Crippen LogP contribution in [-0.4, -0.2) is 6.54 Å². The zero-order valence-corrected chi connectivity index (χ0v) is 9.54. The maximum Gasteiger partial charge on any atom is 0.131 e. The smallest absolute Gasteiger partial charge is 0.131 e. The van der Waals surface area contributed by atoms with Crippen molar-refractivity contribution in [1.82, 2.24) is 0 Å². The van der Waals surface area contributed by atoms with Gasteiger partial charge >= 0.3 is 0 Å². The molecule has 3 rings (SSSR count). The Morgan fingerprint density at radius 2 is 1.94 bits per heavy atom. The van der Waals surface area contributed by atoms with Crippen molar-refractivity contribution in [2.45, 2.75) is 12.8 Å². The highest BCUT2D eigenvalue weighted by atomic mass is 19.1. The van der Waals surface area contributed by atoms with Crippen LogP contribution >= 0.6 is 0 Å². The summed E-state index contributed by atoms with van der Waals surface area (Å²) in [5.74, 6) is -0.164. The van der Waals surface area contributed by atoms with Gasteiger partial charge in [-0.05, 0) is 36.1 Å². The van der Waals surface area contributed by atoms with E-state index in [0.717, 1.165) is 24.2 Å². The summed E-state index contributed by atoms with van der Waals surface area (Å²) in [6.07, 6.45) is 2.28. The first-order chi connectivity index (χ1) is 8.34. The van der Waals surface area contributed by atoms with Crippen LogP contribution in [0, 0.1) is 5.82 Å². The van der Waals surface area contributed by atoms with Crippen LogP contribution in [0.5, 0.6) is 0 Å². The van der Waals surface area contributed by atoms with Crippen molar-refractivity contribution in [3.8, 4) is 11.1 Å². The first kappa shape index (κ1) is 10.3. The van der Waals surface area contributed by atoms with Gasteiger partial charge in [-0.25, -0.2) is 4.39 Å². The lowest BCUT2D eigenvalue weighted by Gasteiger charge is -2.18. The number of anilines is 1. The monoisotopic (exact) mass is 227 g/mol. The fraction of sp³-hybridized carbons (Fsp3) is 0.200. The Hall–Kier alpha value is -1.83. The zero-order valence-electron chi connectivity index (χ0n) is 9.54. The molecule has 2 aromatic rings. The van der Waals surface area contributed by atoms with Crippen molar-refractivity contribution in [1.29, 1.82) is 0 Å². The molecule has 0 saturated heterocycles. The number of hydrogen-bond donors (Lipinski definition) is 1. The van der Waals surface area contributed by atoms with E-state index in [9.17, 15) is 4.39 Å². The molecule has 0 fully saturated rings. The molecule has 0 spiro atoms. The van der Waals surface area contributed by atoms with Gasteiger partial charge in [0.15, 0.2) is 0 Å². The minimum atomic E-state index is -0.164. The van der Waals surface area contributed by atoms with Crippen LogP contribution < -0.4 is 5.32 Å². The molecule has 0 aliphatic carbocycles. The summed E-state index contributed by atoms with van der Waals surface area (Å²) >= 11 is 0. The van der Waals surface area contributed by atoms with Crippen molar-refractivity contribution in [2.75, 3.05) is 11.9 Å². The SMILES string of the molecule is Fc1ccccc1-c1ccc2c(c1)NCCC2. The second-order valence-corrected chi connectivity index (χ2v) is 4.38. The Balaban J connectivity index is 2.07. The second-order valence-electron chi connectivity index (χ2n) is 4.38. The van der Waals surface area contributed by atoms with Gasteiger partial charge in [0.05, 0.1) is 0 Å². The Kier molecular flexibility index (Phi) is 2.56. The molecule has 1 heterocycles. The highest BCUT2D eigenvalue weighted by Crippen LogP contribution is 2.29. The molecule has 0 saturated carbocycles. The zero-order chi connectivity index (χ0) is 11.7. The maximum absolute atomic E-state index is 13.7. The number of fused-ring (bicyclic) bond motifs is 1. The maximum atomic E-state index is 13.7. The molecule has 0 aromatic heterocycles. The largest absolute Gasteiger partial charge is 0.385 e. The van der Waals surface area contributed by atoms with Gasteiger partial charge in [-0.15, -0.1) is 0 Å². The summed E-state index contributed by atoms with van der Waals surface area (Å²) in [6.45, 7) is 1.01. The number of aryl methyl sites for hydroxylation is 1. The molecule has 2 aromatic carbocycles. The minimum absolute atomic E-state index is 0.164. The van der Waals surface area contributed by atoms with E-state index in [1.54, 1.807) is 6.07 Å². The van der Waals surface area contributed by atoms with Gasteiger partial charge in [-0.3, -0.25) is 0 Å². The number of halogens is 1. The lowest BCUT2D eigenvalue weighted by molar-refractivity contribution is 0.631. The predicted molar refractivity (Wildman–Crippen MR) is 68.6 cm³/mol. The molecule has 2 heteroatoms. The van der Waals surface area contributed by atoms with E-state index in [-0.39, 0.29) is 5.82 Å². The van der Waals surface area contributed by atoms with Crippen molar-refractivity contribution < 1.29 is 4.39 Å². The molecule has 0 bridgehead atoms. The van der Waals surface area contributed by atoms with E-state index in [2.05, 4.69) is 11.4 Å². The second kappa shape index (κ2) is 4.21. The van der Waals surface area contributed by atoms with Gasteiger partial charge in [-0.1, -0.05) is 30.3 Å². The molecule has 1 aliphatic heterocycles. The van der Waals surface area contributed by atoms with Crippen LogP contribution in [0.2, 0.25) is 0 Å². The van der Waals surface area contributed by atoms with Gasteiger partial charge in [0, 0.05) is 17.8 Å². The lowest BCUT2D eigenvalue weighted by atomic mass is 9.98. The first-order valence-corrected chi connectivity index (χ1v) is 5.96. The molecule has 17 heavy (non-hydrogen) atoms. The van der Waals surface area contributed by atoms with Crippen LogP contribution in [-0.2, 0) is 6.42 Å². The van der Waals surface area contributed by atoms with E-state index < -0.39 is 0 Å². The van der Waals surface area contributed by atoms with E-state index in [1.165, 1.54) is 18.1 Å². The minimum Gasteiger partial charge on any atom is -0.385 e. The molecule has 0 amide bonds. The molecule has 1 aliphatic rings. The first-order valence-electron chi connectivity index (χ1n) is 5.96. The fourth-order valence-corrected chi connectivity index (χ4v) is 2.32. The quantitative estimate of drug-likeness (QED) is 0.780. The third-order valence-electron chi connectivity index (χ3n) is 3.23. The highest BCUT2D eigenvalue weighted by molar-refractivity contribution is 5.71. The summed E-state index contributed by atoms with van der Waals surface area (Å²) in [4.78, 5) is 0. The molecular weight excluding hydrogens is 213 g/mol. The van der Waals surface area contributed by atoms with Crippen LogP contribution in [0.25, 0.3) is 11.1 Å². The van der Waals surface area contributed by atoms with Gasteiger partial charge < -0.3 is 5.32 Å². The summed E-state index contributed by atoms with van der Waals surface area (Å²) in [6, 6.07) is 13.1. The Morgan fingerprint density at radius 1 is 1.06 bits per heavy atom. The average Bonchev–Trinajstić information content (AvgIpc) is 2.39. The van der Waals surface area contributed by atoms with Gasteiger partial charge in [-0.2, -0.15) is 0 Å². The Labute approximate surface area is 100 Å². The van der Waals surface area contributed by atoms with Crippen LogP contribution in [0.15, 0.2) is 42.5 Å². The highest BCUT2D eigenvalue weighted by Gasteiger charge is 2.10. The number of nitrogens with one attached hydrogen (secondary N) is 1. The van der Waals surface area contributed by atoms with Gasteiger partial charge in [0.1, 0.15) is 5.82 Å². The van der Waals surface area contributed by atoms with Crippen molar-refractivity contribution in [2.24, 2.45) is 0 Å². The molecule has 0 radical (unpaired) electrons. The number of benzene rings is 2. The summed E-state index contributed by atoms with van der Waals surface area (Å²) < 4.78 is 13.7. The Bertz CT molecular complexity index is 548. The standard InChI is InChI=1S/C15H14FN/c16-14-6-2-1-5-13(14)12-8-7-11-4-3-9-17-15(11)10-12/h1-2,5-8,10,17H,3-4,9H2. The van der Waals surface area contributed by atoms with Gasteiger partial charge in [0.2, 0.25) is 0 Å². The van der Waals surface area contributed by atoms with Crippen molar-refractivity contribution >= 4 is 5.69 Å². The molecule has 1 N–H and O–H groups in total. The topological polar surface area (TPSA) is 12.0 Å². The fourth-order valence-electron chi connectivity index (χ4n) is 2.32. The molecular formula is C15H14FN. The van der Waals surface area contributed by atoms with E-state index in [4.69, 9.17) is 0 Å². The summed E-state index contributed by atoms with van der Waals surface area (Å²) in [7, 11) is 0. The van der Waals surface area contributed by atoms with Crippen LogP contribution in [0.1, 0.15) is 12.0 Å². The van der Waals surface area contributed by atoms with Crippen LogP contribution in [0.3, 0.4) is 0 Å². The average molecular weight is 227 g/mol. The molecule has 0 atom stereocenters. The summed E-state index contributed by atoms with van der Waals surface area (Å²) in [5, 5.41) is 3.37. The number of hydrogen-bond acceptors (Lipinski definition) is 1. The third-order valence-corrected chi connectivity index (χ3v) is 3.23. The summed E-state index contributed by atoms with van der Waals surface area (Å²) in [5.41, 5.74) is 4.09. The van der Waals surface area contributed by atoms with Crippen LogP contribution in [0.4, 0.5) is 10.1 Å². The molecule has 86 valence electrons. The Morgan fingerprint density at radius 3 is 2.82 bits per heavy atom. The number of rotatable bonds is 1. The van der Waals surface area contributed by atoms with E-state index in [0.29, 0.717) is 5.56 Å².